The average molecular weight is 288 g/mol. The number of urea groups is 1. The van der Waals surface area contributed by atoms with Gasteiger partial charge >= 0.3 is 12.0 Å². The molecule has 0 spiro atoms. The molecule has 7 heteroatoms. The summed E-state index contributed by atoms with van der Waals surface area (Å²) in [6.07, 6.45) is 2.10. The zero-order valence-electron chi connectivity index (χ0n) is 11.9. The maximum absolute atomic E-state index is 12.0. The summed E-state index contributed by atoms with van der Waals surface area (Å²) in [4.78, 5) is 24.4. The number of hydrogen-bond acceptors (Lipinski definition) is 4. The van der Waals surface area contributed by atoms with Crippen molar-refractivity contribution in [1.82, 2.24) is 10.2 Å². The monoisotopic (exact) mass is 288 g/mol. The van der Waals surface area contributed by atoms with Gasteiger partial charge in [0.05, 0.1) is 25.7 Å². The molecular formula is C13H24N2O5. The van der Waals surface area contributed by atoms with Crippen LogP contribution in [0, 0.1) is 0 Å². The van der Waals surface area contributed by atoms with Crippen molar-refractivity contribution in [2.45, 2.75) is 44.8 Å². The van der Waals surface area contributed by atoms with E-state index in [9.17, 15) is 9.59 Å². The maximum atomic E-state index is 12.0. The molecule has 1 unspecified atom stereocenters. The Hall–Kier alpha value is -1.34. The number of carboxylic acid groups (broad SMARTS) is 1. The minimum absolute atomic E-state index is 0.00800. The Labute approximate surface area is 118 Å². The highest BCUT2D eigenvalue weighted by Crippen LogP contribution is 2.14. The number of aliphatic carboxylic acids is 1. The van der Waals surface area contributed by atoms with Crippen LogP contribution in [-0.2, 0) is 9.53 Å². The molecule has 1 saturated heterocycles. The van der Waals surface area contributed by atoms with Crippen LogP contribution in [0.4, 0.5) is 4.79 Å². The fraction of sp³-hybridized carbons (Fsp3) is 0.846. The fourth-order valence-corrected chi connectivity index (χ4v) is 2.22. The van der Waals surface area contributed by atoms with E-state index < -0.39 is 5.97 Å². The highest BCUT2D eigenvalue weighted by atomic mass is 16.5. The Morgan fingerprint density at radius 1 is 1.40 bits per heavy atom. The molecule has 0 aromatic heterocycles. The Morgan fingerprint density at radius 2 is 2.05 bits per heavy atom. The number of likely N-dealkylation sites (tertiary alicyclic amines) is 1. The van der Waals surface area contributed by atoms with Gasteiger partial charge in [0.1, 0.15) is 0 Å². The predicted octanol–water partition coefficient (Wildman–Crippen LogP) is 0.423. The molecule has 0 radical (unpaired) electrons. The number of aliphatic hydroxyl groups excluding tert-OH is 1. The summed E-state index contributed by atoms with van der Waals surface area (Å²) >= 11 is 0. The van der Waals surface area contributed by atoms with Crippen molar-refractivity contribution >= 4 is 12.0 Å². The number of carbonyl (C=O) groups is 2. The molecule has 0 aromatic rings. The Balaban J connectivity index is 2.32. The van der Waals surface area contributed by atoms with E-state index in [1.165, 1.54) is 0 Å². The summed E-state index contributed by atoms with van der Waals surface area (Å²) in [5.74, 6) is -0.909. The lowest BCUT2D eigenvalue weighted by Crippen LogP contribution is -2.49. The molecule has 1 fully saturated rings. The lowest BCUT2D eigenvalue weighted by atomic mass is 10.1. The predicted molar refractivity (Wildman–Crippen MR) is 72.5 cm³/mol. The highest BCUT2D eigenvalue weighted by molar-refractivity contribution is 5.76. The third kappa shape index (κ3) is 5.75. The Kier molecular flexibility index (Phi) is 7.32. The summed E-state index contributed by atoms with van der Waals surface area (Å²) < 4.78 is 5.43. The van der Waals surface area contributed by atoms with Crippen molar-refractivity contribution in [3.63, 3.8) is 0 Å². The van der Waals surface area contributed by atoms with Gasteiger partial charge in [-0.1, -0.05) is 6.92 Å². The van der Waals surface area contributed by atoms with E-state index in [0.717, 1.165) is 12.8 Å². The SMILES string of the molecule is CCC(CC(=O)O)NC(=O)N1CCC(OCCO)CC1. The zero-order valence-corrected chi connectivity index (χ0v) is 11.9. The van der Waals surface area contributed by atoms with Crippen LogP contribution in [0.1, 0.15) is 32.6 Å². The first-order valence-corrected chi connectivity index (χ1v) is 7.06. The minimum atomic E-state index is -0.909. The molecule has 0 aliphatic carbocycles. The number of aliphatic hydroxyl groups is 1. The van der Waals surface area contributed by atoms with Crippen LogP contribution in [0.5, 0.6) is 0 Å². The van der Waals surface area contributed by atoms with E-state index in [1.54, 1.807) is 4.90 Å². The largest absolute Gasteiger partial charge is 0.481 e. The molecule has 1 atom stereocenters. The van der Waals surface area contributed by atoms with Gasteiger partial charge in [0, 0.05) is 19.1 Å². The molecule has 0 aromatic carbocycles. The second-order valence-corrected chi connectivity index (χ2v) is 4.93. The molecule has 3 N–H and O–H groups in total. The van der Waals surface area contributed by atoms with Gasteiger partial charge in [0.15, 0.2) is 0 Å². The van der Waals surface area contributed by atoms with Crippen molar-refractivity contribution in [1.29, 1.82) is 0 Å². The summed E-state index contributed by atoms with van der Waals surface area (Å²) in [5, 5.41) is 20.2. The first kappa shape index (κ1) is 16.7. The summed E-state index contributed by atoms with van der Waals surface area (Å²) in [7, 11) is 0. The van der Waals surface area contributed by atoms with Crippen molar-refractivity contribution < 1.29 is 24.5 Å². The smallest absolute Gasteiger partial charge is 0.317 e. The van der Waals surface area contributed by atoms with Crippen molar-refractivity contribution in [2.75, 3.05) is 26.3 Å². The van der Waals surface area contributed by atoms with E-state index in [2.05, 4.69) is 5.32 Å². The molecular weight excluding hydrogens is 264 g/mol. The number of ether oxygens (including phenoxy) is 1. The molecule has 1 aliphatic heterocycles. The topological polar surface area (TPSA) is 99.1 Å². The molecule has 1 aliphatic rings. The van der Waals surface area contributed by atoms with Gasteiger partial charge in [0.2, 0.25) is 0 Å². The highest BCUT2D eigenvalue weighted by Gasteiger charge is 2.24. The van der Waals surface area contributed by atoms with Crippen LogP contribution in [0.15, 0.2) is 0 Å². The summed E-state index contributed by atoms with van der Waals surface area (Å²) in [6.45, 7) is 3.36. The van der Waals surface area contributed by atoms with Crippen LogP contribution in [0.3, 0.4) is 0 Å². The van der Waals surface area contributed by atoms with E-state index >= 15 is 0 Å². The number of rotatable bonds is 7. The summed E-state index contributed by atoms with van der Waals surface area (Å²) in [6, 6.07) is -0.540. The summed E-state index contributed by atoms with van der Waals surface area (Å²) in [5.41, 5.74) is 0. The number of nitrogens with zero attached hydrogens (tertiary/aromatic N) is 1. The number of carbonyl (C=O) groups excluding carboxylic acids is 1. The number of amides is 2. The second-order valence-electron chi connectivity index (χ2n) is 4.93. The van der Waals surface area contributed by atoms with Gasteiger partial charge in [-0.15, -0.1) is 0 Å². The maximum Gasteiger partial charge on any atom is 0.317 e. The molecule has 20 heavy (non-hydrogen) atoms. The third-order valence-corrected chi connectivity index (χ3v) is 3.42. The van der Waals surface area contributed by atoms with Crippen LogP contribution < -0.4 is 5.32 Å². The van der Waals surface area contributed by atoms with Crippen LogP contribution in [-0.4, -0.2) is 65.6 Å². The third-order valence-electron chi connectivity index (χ3n) is 3.42. The second kappa shape index (κ2) is 8.76. The number of piperidine rings is 1. The van der Waals surface area contributed by atoms with Crippen molar-refractivity contribution in [3.8, 4) is 0 Å². The van der Waals surface area contributed by atoms with Crippen LogP contribution >= 0.6 is 0 Å². The van der Waals surface area contributed by atoms with E-state index in [4.69, 9.17) is 14.9 Å². The van der Waals surface area contributed by atoms with Crippen LogP contribution in [0.25, 0.3) is 0 Å². The van der Waals surface area contributed by atoms with E-state index in [0.29, 0.717) is 26.1 Å². The Morgan fingerprint density at radius 3 is 2.55 bits per heavy atom. The fourth-order valence-electron chi connectivity index (χ4n) is 2.22. The first-order chi connectivity index (χ1) is 9.56. The van der Waals surface area contributed by atoms with Crippen molar-refractivity contribution in [3.05, 3.63) is 0 Å². The minimum Gasteiger partial charge on any atom is -0.481 e. The molecule has 7 nitrogen and oxygen atoms in total. The molecule has 0 bridgehead atoms. The number of hydrogen-bond donors (Lipinski definition) is 3. The van der Waals surface area contributed by atoms with Gasteiger partial charge in [-0.05, 0) is 19.3 Å². The molecule has 0 saturated carbocycles. The quantitative estimate of drug-likeness (QED) is 0.630. The molecule has 1 heterocycles. The van der Waals surface area contributed by atoms with Crippen molar-refractivity contribution in [2.24, 2.45) is 0 Å². The Bertz CT molecular complexity index is 316. The number of nitrogens with one attached hydrogen (secondary N) is 1. The standard InChI is InChI=1S/C13H24N2O5/c1-2-10(9-12(17)18)14-13(19)15-5-3-11(4-6-15)20-8-7-16/h10-11,16H,2-9H2,1H3,(H,14,19)(H,17,18). The average Bonchev–Trinajstić information content (AvgIpc) is 2.44. The normalized spacial score (nSPS) is 17.8. The molecule has 1 rings (SSSR count). The van der Waals surface area contributed by atoms with Gasteiger partial charge in [-0.25, -0.2) is 4.79 Å². The van der Waals surface area contributed by atoms with Gasteiger partial charge < -0.3 is 25.2 Å². The van der Waals surface area contributed by atoms with E-state index in [1.807, 2.05) is 6.92 Å². The van der Waals surface area contributed by atoms with Crippen LogP contribution in [0.2, 0.25) is 0 Å². The lowest BCUT2D eigenvalue weighted by Gasteiger charge is -2.32. The number of carboxylic acids is 1. The van der Waals surface area contributed by atoms with Gasteiger partial charge in [-0.3, -0.25) is 4.79 Å². The molecule has 116 valence electrons. The zero-order chi connectivity index (χ0) is 15.0. The first-order valence-electron chi connectivity index (χ1n) is 7.06. The lowest BCUT2D eigenvalue weighted by molar-refractivity contribution is -0.137. The molecule has 2 amide bonds. The van der Waals surface area contributed by atoms with Gasteiger partial charge in [0.25, 0.3) is 0 Å². The van der Waals surface area contributed by atoms with E-state index in [-0.39, 0.29) is 31.2 Å². The van der Waals surface area contributed by atoms with Gasteiger partial charge in [-0.2, -0.15) is 0 Å².